The van der Waals surface area contributed by atoms with E-state index in [-0.39, 0.29) is 0 Å². The van der Waals surface area contributed by atoms with Crippen molar-refractivity contribution in [2.45, 2.75) is 102 Å². The van der Waals surface area contributed by atoms with Crippen molar-refractivity contribution in [1.82, 2.24) is 4.90 Å². The van der Waals surface area contributed by atoms with Crippen LogP contribution in [0.5, 0.6) is 0 Å². The predicted octanol–water partition coefficient (Wildman–Crippen LogP) is 3.94. The van der Waals surface area contributed by atoms with E-state index >= 15 is 0 Å². The average Bonchev–Trinajstić information content (AvgIpc) is 2.45. The van der Waals surface area contributed by atoms with Gasteiger partial charge in [-0.1, -0.05) is 19.8 Å². The topological polar surface area (TPSA) is 29.3 Å². The molecule has 2 saturated carbocycles. The van der Waals surface area contributed by atoms with Crippen LogP contribution < -0.4 is 5.73 Å². The standard InChI is InChI=1S/C19H34N2/c1-2-13-6-14-8-15(7-13)10-19(9-14)21-17-4-3-5-18(21)12-16(20)11-17/h13-19H,2-12,20H2,1H3/t13?,14-,15+,16-,17+,18-,19?. The summed E-state index contributed by atoms with van der Waals surface area (Å²) in [6, 6.07) is 3.06. The van der Waals surface area contributed by atoms with Crippen LogP contribution in [-0.2, 0) is 0 Å². The Bertz CT molecular complexity index is 341. The van der Waals surface area contributed by atoms with Crippen LogP contribution in [0.2, 0.25) is 0 Å². The number of nitrogens with two attached hydrogens (primary N) is 1. The molecule has 2 unspecified atom stereocenters. The zero-order valence-corrected chi connectivity index (χ0v) is 13.8. The van der Waals surface area contributed by atoms with E-state index in [0.29, 0.717) is 6.04 Å². The largest absolute Gasteiger partial charge is 0.328 e. The van der Waals surface area contributed by atoms with Crippen molar-refractivity contribution in [2.24, 2.45) is 23.5 Å². The van der Waals surface area contributed by atoms with Gasteiger partial charge in [0.1, 0.15) is 0 Å². The van der Waals surface area contributed by atoms with Gasteiger partial charge in [0.2, 0.25) is 0 Å². The summed E-state index contributed by atoms with van der Waals surface area (Å²) in [6.07, 6.45) is 15.9. The molecular weight excluding hydrogens is 256 g/mol. The molecule has 2 saturated heterocycles. The van der Waals surface area contributed by atoms with E-state index in [2.05, 4.69) is 11.8 Å². The van der Waals surface area contributed by atoms with Gasteiger partial charge in [-0.3, -0.25) is 4.90 Å². The quantitative estimate of drug-likeness (QED) is 0.835. The van der Waals surface area contributed by atoms with Crippen LogP contribution in [0.15, 0.2) is 0 Å². The van der Waals surface area contributed by atoms with E-state index in [1.165, 1.54) is 64.2 Å². The number of nitrogens with zero attached hydrogens (tertiary/aromatic N) is 1. The molecule has 2 heterocycles. The summed E-state index contributed by atoms with van der Waals surface area (Å²) in [4.78, 5) is 3.00. The molecule has 4 bridgehead atoms. The van der Waals surface area contributed by atoms with Crippen LogP contribution in [0, 0.1) is 17.8 Å². The van der Waals surface area contributed by atoms with Crippen molar-refractivity contribution in [3.63, 3.8) is 0 Å². The summed E-state index contributed by atoms with van der Waals surface area (Å²) >= 11 is 0. The fourth-order valence-electron chi connectivity index (χ4n) is 6.59. The van der Waals surface area contributed by atoms with Gasteiger partial charge in [0.15, 0.2) is 0 Å². The zero-order chi connectivity index (χ0) is 14.4. The van der Waals surface area contributed by atoms with Gasteiger partial charge >= 0.3 is 0 Å². The van der Waals surface area contributed by atoms with Crippen molar-refractivity contribution in [3.8, 4) is 0 Å². The van der Waals surface area contributed by atoms with E-state index in [1.807, 2.05) is 0 Å². The number of fused-ring (bicyclic) bond motifs is 4. The molecule has 4 aliphatic rings. The number of rotatable bonds is 2. The lowest BCUT2D eigenvalue weighted by Crippen LogP contribution is -2.60. The molecule has 4 fully saturated rings. The van der Waals surface area contributed by atoms with Crippen LogP contribution >= 0.6 is 0 Å². The molecule has 7 atom stereocenters. The first-order valence-corrected chi connectivity index (χ1v) is 9.76. The van der Waals surface area contributed by atoms with Crippen LogP contribution in [0.3, 0.4) is 0 Å². The first kappa shape index (κ1) is 14.5. The summed E-state index contributed by atoms with van der Waals surface area (Å²) < 4.78 is 0. The zero-order valence-electron chi connectivity index (χ0n) is 13.8. The van der Waals surface area contributed by atoms with Gasteiger partial charge in [-0.15, -0.1) is 0 Å². The third-order valence-corrected chi connectivity index (χ3v) is 7.28. The molecule has 120 valence electrons. The molecule has 0 aromatic rings. The van der Waals surface area contributed by atoms with Gasteiger partial charge in [-0.05, 0) is 75.5 Å². The maximum Gasteiger partial charge on any atom is 0.0116 e. The molecule has 0 aromatic carbocycles. The third kappa shape index (κ3) is 2.79. The second-order valence-electron chi connectivity index (χ2n) is 8.76. The molecule has 21 heavy (non-hydrogen) atoms. The Morgan fingerprint density at radius 2 is 1.43 bits per heavy atom. The Hall–Kier alpha value is -0.0800. The highest BCUT2D eigenvalue weighted by molar-refractivity contribution is 5.00. The lowest BCUT2D eigenvalue weighted by molar-refractivity contribution is -0.0456. The van der Waals surface area contributed by atoms with Gasteiger partial charge in [-0.2, -0.15) is 0 Å². The average molecular weight is 290 g/mol. The van der Waals surface area contributed by atoms with Crippen molar-refractivity contribution in [3.05, 3.63) is 0 Å². The predicted molar refractivity (Wildman–Crippen MR) is 88.1 cm³/mol. The normalized spacial score (nSPS) is 50.9. The molecular formula is C19H34N2. The Kier molecular flexibility index (Phi) is 4.04. The van der Waals surface area contributed by atoms with E-state index in [4.69, 9.17) is 5.73 Å². The van der Waals surface area contributed by atoms with Gasteiger partial charge in [0.05, 0.1) is 0 Å². The van der Waals surface area contributed by atoms with Crippen LogP contribution in [0.25, 0.3) is 0 Å². The Labute approximate surface area is 130 Å². The van der Waals surface area contributed by atoms with E-state index < -0.39 is 0 Å². The lowest BCUT2D eigenvalue weighted by Gasteiger charge is -2.55. The molecule has 0 amide bonds. The number of hydrogen-bond donors (Lipinski definition) is 1. The third-order valence-electron chi connectivity index (χ3n) is 7.28. The molecule has 0 spiro atoms. The van der Waals surface area contributed by atoms with E-state index in [0.717, 1.165) is 35.9 Å². The van der Waals surface area contributed by atoms with Crippen molar-refractivity contribution in [1.29, 1.82) is 0 Å². The summed E-state index contributed by atoms with van der Waals surface area (Å²) in [5.41, 5.74) is 6.32. The lowest BCUT2D eigenvalue weighted by atomic mass is 9.65. The van der Waals surface area contributed by atoms with Gasteiger partial charge in [0.25, 0.3) is 0 Å². The smallest absolute Gasteiger partial charge is 0.0116 e. The highest BCUT2D eigenvalue weighted by atomic mass is 15.2. The minimum absolute atomic E-state index is 0.490. The molecule has 4 rings (SSSR count). The molecule has 2 nitrogen and oxygen atoms in total. The molecule has 2 heteroatoms. The molecule has 2 aliphatic heterocycles. The minimum atomic E-state index is 0.490. The maximum atomic E-state index is 6.32. The highest BCUT2D eigenvalue weighted by Crippen LogP contribution is 2.47. The molecule has 0 aromatic heterocycles. The van der Waals surface area contributed by atoms with E-state index in [9.17, 15) is 0 Å². The molecule has 2 N–H and O–H groups in total. The fraction of sp³-hybridized carbons (Fsp3) is 1.00. The Balaban J connectivity index is 1.47. The van der Waals surface area contributed by atoms with Crippen LogP contribution in [0.1, 0.15) is 77.6 Å². The van der Waals surface area contributed by atoms with Crippen LogP contribution in [0.4, 0.5) is 0 Å². The second-order valence-corrected chi connectivity index (χ2v) is 8.76. The first-order chi connectivity index (χ1) is 10.2. The number of hydrogen-bond acceptors (Lipinski definition) is 2. The SMILES string of the molecule is CCC1C[C@@H]2CC(N3[C@@H]4CCC[C@H]3C[C@@H](N)C4)C[C@H](C1)C2. The first-order valence-electron chi connectivity index (χ1n) is 9.76. The van der Waals surface area contributed by atoms with Crippen molar-refractivity contribution >= 4 is 0 Å². The van der Waals surface area contributed by atoms with Crippen LogP contribution in [-0.4, -0.2) is 29.1 Å². The number of piperidine rings is 2. The summed E-state index contributed by atoms with van der Waals surface area (Å²) in [7, 11) is 0. The van der Waals surface area contributed by atoms with Crippen molar-refractivity contribution in [2.75, 3.05) is 0 Å². The van der Waals surface area contributed by atoms with Crippen molar-refractivity contribution < 1.29 is 0 Å². The van der Waals surface area contributed by atoms with Gasteiger partial charge in [-0.25, -0.2) is 0 Å². The fourth-order valence-corrected chi connectivity index (χ4v) is 6.59. The summed E-state index contributed by atoms with van der Waals surface area (Å²) in [6.45, 7) is 2.40. The molecule has 0 radical (unpaired) electrons. The summed E-state index contributed by atoms with van der Waals surface area (Å²) in [5.74, 6) is 3.14. The van der Waals surface area contributed by atoms with Gasteiger partial charge < -0.3 is 5.73 Å². The summed E-state index contributed by atoms with van der Waals surface area (Å²) in [5, 5.41) is 0. The Morgan fingerprint density at radius 1 is 0.810 bits per heavy atom. The minimum Gasteiger partial charge on any atom is -0.328 e. The molecule has 2 aliphatic carbocycles. The maximum absolute atomic E-state index is 6.32. The Morgan fingerprint density at radius 3 is 2.00 bits per heavy atom. The van der Waals surface area contributed by atoms with Gasteiger partial charge in [0, 0.05) is 24.2 Å². The highest BCUT2D eigenvalue weighted by Gasteiger charge is 2.44. The monoisotopic (exact) mass is 290 g/mol. The second kappa shape index (κ2) is 5.85. The van der Waals surface area contributed by atoms with E-state index in [1.54, 1.807) is 6.42 Å².